The molecule has 0 spiro atoms. The van der Waals surface area contributed by atoms with Crippen molar-refractivity contribution in [1.29, 1.82) is 0 Å². The predicted molar refractivity (Wildman–Crippen MR) is 83.1 cm³/mol. The molecular formula is C16H16Cl2O2. The Morgan fingerprint density at radius 2 is 1.85 bits per heavy atom. The lowest BCUT2D eigenvalue weighted by molar-refractivity contribution is 0.303. The minimum Gasteiger partial charge on any atom is -0.497 e. The van der Waals surface area contributed by atoms with E-state index in [2.05, 4.69) is 0 Å². The Balaban J connectivity index is 2.14. The molecule has 0 aliphatic carbocycles. The van der Waals surface area contributed by atoms with Gasteiger partial charge in [-0.05, 0) is 36.8 Å². The third kappa shape index (κ3) is 3.59. The van der Waals surface area contributed by atoms with Crippen LogP contribution in [-0.4, -0.2) is 7.11 Å². The van der Waals surface area contributed by atoms with Crippen LogP contribution in [0.3, 0.4) is 0 Å². The average Bonchev–Trinajstić information content (AvgIpc) is 2.46. The lowest BCUT2D eigenvalue weighted by Crippen LogP contribution is -1.99. The molecule has 2 nitrogen and oxygen atoms in total. The van der Waals surface area contributed by atoms with E-state index in [9.17, 15) is 0 Å². The number of rotatable bonds is 5. The van der Waals surface area contributed by atoms with Gasteiger partial charge in [-0.2, -0.15) is 0 Å². The van der Waals surface area contributed by atoms with E-state index < -0.39 is 0 Å². The molecule has 0 unspecified atom stereocenters. The molecule has 0 heterocycles. The second-order valence-electron chi connectivity index (χ2n) is 4.49. The van der Waals surface area contributed by atoms with E-state index in [1.54, 1.807) is 7.11 Å². The van der Waals surface area contributed by atoms with Crippen LogP contribution in [0.4, 0.5) is 0 Å². The minimum atomic E-state index is 0.369. The fraction of sp³-hybridized carbons (Fsp3) is 0.250. The highest BCUT2D eigenvalue weighted by molar-refractivity contribution is 6.31. The van der Waals surface area contributed by atoms with Gasteiger partial charge in [-0.1, -0.05) is 23.7 Å². The first kappa shape index (κ1) is 15.0. The highest BCUT2D eigenvalue weighted by Gasteiger charge is 2.07. The lowest BCUT2D eigenvalue weighted by atomic mass is 10.1. The number of hydrogen-bond acceptors (Lipinski definition) is 2. The maximum atomic E-state index is 6.19. The van der Waals surface area contributed by atoms with Crippen molar-refractivity contribution in [3.05, 3.63) is 58.1 Å². The summed E-state index contributed by atoms with van der Waals surface area (Å²) in [7, 11) is 1.62. The van der Waals surface area contributed by atoms with Gasteiger partial charge in [0.1, 0.15) is 18.1 Å². The first-order valence-corrected chi connectivity index (χ1v) is 7.16. The average molecular weight is 311 g/mol. The molecule has 106 valence electrons. The summed E-state index contributed by atoms with van der Waals surface area (Å²) in [4.78, 5) is 0. The Bertz CT molecular complexity index is 597. The first-order valence-electron chi connectivity index (χ1n) is 6.24. The highest BCUT2D eigenvalue weighted by atomic mass is 35.5. The van der Waals surface area contributed by atoms with E-state index in [1.165, 1.54) is 0 Å². The van der Waals surface area contributed by atoms with E-state index >= 15 is 0 Å². The van der Waals surface area contributed by atoms with Gasteiger partial charge in [0.15, 0.2) is 0 Å². The molecule has 2 aromatic rings. The van der Waals surface area contributed by atoms with Gasteiger partial charge in [-0.3, -0.25) is 0 Å². The number of ether oxygens (including phenoxy) is 2. The number of halogens is 2. The van der Waals surface area contributed by atoms with Crippen LogP contribution in [-0.2, 0) is 12.5 Å². The molecule has 0 amide bonds. The van der Waals surface area contributed by atoms with Crippen LogP contribution < -0.4 is 9.47 Å². The monoisotopic (exact) mass is 310 g/mol. The molecule has 20 heavy (non-hydrogen) atoms. The third-order valence-electron chi connectivity index (χ3n) is 3.00. The van der Waals surface area contributed by atoms with Crippen LogP contribution >= 0.6 is 23.2 Å². The molecule has 0 aromatic heterocycles. The number of benzene rings is 2. The quantitative estimate of drug-likeness (QED) is 0.725. The first-order chi connectivity index (χ1) is 9.63. The molecular weight excluding hydrogens is 295 g/mol. The summed E-state index contributed by atoms with van der Waals surface area (Å²) in [5, 5.41) is 0.714. The molecule has 0 bridgehead atoms. The van der Waals surface area contributed by atoms with Crippen LogP contribution in [0, 0.1) is 6.92 Å². The van der Waals surface area contributed by atoms with Crippen molar-refractivity contribution in [1.82, 2.24) is 0 Å². The Morgan fingerprint density at radius 1 is 1.05 bits per heavy atom. The molecule has 0 saturated heterocycles. The van der Waals surface area contributed by atoms with Gasteiger partial charge in [-0.15, -0.1) is 11.6 Å². The van der Waals surface area contributed by atoms with Crippen molar-refractivity contribution in [2.75, 3.05) is 7.11 Å². The maximum Gasteiger partial charge on any atom is 0.124 e. The summed E-state index contributed by atoms with van der Waals surface area (Å²) in [6.45, 7) is 2.42. The van der Waals surface area contributed by atoms with E-state index in [0.717, 1.165) is 28.2 Å². The maximum absolute atomic E-state index is 6.19. The molecule has 0 fully saturated rings. The standard InChI is InChI=1S/C16H16Cl2O2/c1-11-3-4-12(15(18)7-11)10-20-16-6-5-14(19-2)8-13(16)9-17/h3-8H,9-10H2,1-2H3. The SMILES string of the molecule is COc1ccc(OCc2ccc(C)cc2Cl)c(CCl)c1. The van der Waals surface area contributed by atoms with E-state index in [-0.39, 0.29) is 0 Å². The smallest absolute Gasteiger partial charge is 0.124 e. The van der Waals surface area contributed by atoms with Gasteiger partial charge >= 0.3 is 0 Å². The molecule has 0 atom stereocenters. The number of hydrogen-bond donors (Lipinski definition) is 0. The largest absolute Gasteiger partial charge is 0.497 e. The predicted octanol–water partition coefficient (Wildman–Crippen LogP) is 4.97. The Labute approximate surface area is 129 Å². The molecule has 4 heteroatoms. The van der Waals surface area contributed by atoms with Gasteiger partial charge in [0.2, 0.25) is 0 Å². The van der Waals surface area contributed by atoms with Crippen LogP contribution in [0.15, 0.2) is 36.4 Å². The summed E-state index contributed by atoms with van der Waals surface area (Å²) in [5.74, 6) is 1.88. The number of alkyl halides is 1. The van der Waals surface area contributed by atoms with Gasteiger partial charge in [0.25, 0.3) is 0 Å². The van der Waals surface area contributed by atoms with Crippen molar-refractivity contribution >= 4 is 23.2 Å². The van der Waals surface area contributed by atoms with Gasteiger partial charge in [-0.25, -0.2) is 0 Å². The Morgan fingerprint density at radius 3 is 2.50 bits per heavy atom. The van der Waals surface area contributed by atoms with Gasteiger partial charge in [0.05, 0.1) is 13.0 Å². The lowest BCUT2D eigenvalue weighted by Gasteiger charge is -2.12. The summed E-state index contributed by atoms with van der Waals surface area (Å²) in [6, 6.07) is 11.5. The van der Waals surface area contributed by atoms with Gasteiger partial charge < -0.3 is 9.47 Å². The zero-order chi connectivity index (χ0) is 14.5. The summed E-state index contributed by atoms with van der Waals surface area (Å²) in [5.41, 5.74) is 2.98. The van der Waals surface area contributed by atoms with Crippen molar-refractivity contribution in [3.8, 4) is 11.5 Å². The second kappa shape index (κ2) is 6.87. The third-order valence-corrected chi connectivity index (χ3v) is 3.64. The number of aryl methyl sites for hydroxylation is 1. The van der Waals surface area contributed by atoms with E-state index in [0.29, 0.717) is 17.5 Å². The molecule has 0 radical (unpaired) electrons. The minimum absolute atomic E-state index is 0.369. The zero-order valence-electron chi connectivity index (χ0n) is 11.5. The molecule has 0 saturated carbocycles. The van der Waals surface area contributed by atoms with Crippen molar-refractivity contribution < 1.29 is 9.47 Å². The zero-order valence-corrected chi connectivity index (χ0v) is 13.0. The normalized spacial score (nSPS) is 10.4. The van der Waals surface area contributed by atoms with E-state index in [4.69, 9.17) is 32.7 Å². The summed E-state index contributed by atoms with van der Waals surface area (Å²) in [6.07, 6.45) is 0. The second-order valence-corrected chi connectivity index (χ2v) is 5.17. The molecule has 0 aliphatic rings. The molecule has 2 aromatic carbocycles. The van der Waals surface area contributed by atoms with Crippen molar-refractivity contribution in [2.24, 2.45) is 0 Å². The van der Waals surface area contributed by atoms with E-state index in [1.807, 2.05) is 43.3 Å². The Hall–Kier alpha value is -1.38. The summed E-state index contributed by atoms with van der Waals surface area (Å²) >= 11 is 12.1. The fourth-order valence-corrected chi connectivity index (χ4v) is 2.35. The molecule has 0 aliphatic heterocycles. The van der Waals surface area contributed by atoms with Crippen LogP contribution in [0.2, 0.25) is 5.02 Å². The highest BCUT2D eigenvalue weighted by Crippen LogP contribution is 2.27. The summed E-state index contributed by atoms with van der Waals surface area (Å²) < 4.78 is 11.0. The van der Waals surface area contributed by atoms with Crippen LogP contribution in [0.1, 0.15) is 16.7 Å². The fourth-order valence-electron chi connectivity index (χ4n) is 1.85. The molecule has 2 rings (SSSR count). The van der Waals surface area contributed by atoms with Crippen molar-refractivity contribution in [2.45, 2.75) is 19.4 Å². The van der Waals surface area contributed by atoms with Crippen LogP contribution in [0.25, 0.3) is 0 Å². The van der Waals surface area contributed by atoms with Gasteiger partial charge in [0, 0.05) is 16.1 Å². The van der Waals surface area contributed by atoms with Crippen molar-refractivity contribution in [3.63, 3.8) is 0 Å². The topological polar surface area (TPSA) is 18.5 Å². The number of methoxy groups -OCH3 is 1. The Kier molecular flexibility index (Phi) is 5.16. The molecule has 0 N–H and O–H groups in total. The van der Waals surface area contributed by atoms with Crippen LogP contribution in [0.5, 0.6) is 11.5 Å².